The zero-order valence-electron chi connectivity index (χ0n) is 28.6. The molecule has 0 radical (unpaired) electrons. The Bertz CT molecular complexity index is 910. The van der Waals surface area contributed by atoms with Gasteiger partial charge in [0.25, 0.3) is 0 Å². The lowest BCUT2D eigenvalue weighted by Crippen LogP contribution is -2.53. The maximum absolute atomic E-state index is 5.81. The Kier molecular flexibility index (Phi) is 21.0. The number of rotatable bonds is 28. The lowest BCUT2D eigenvalue weighted by Gasteiger charge is -2.30. The summed E-state index contributed by atoms with van der Waals surface area (Å²) in [6, 6.07) is 18.0. The smallest absolute Gasteiger partial charge is 0.112 e. The van der Waals surface area contributed by atoms with Gasteiger partial charge < -0.3 is 47.7 Å². The third kappa shape index (κ3) is 15.4. The first kappa shape index (κ1) is 39.1. The lowest BCUT2D eigenvalue weighted by atomic mass is 10.2. The van der Waals surface area contributed by atoms with Crippen LogP contribution < -0.4 is 20.2 Å². The van der Waals surface area contributed by atoms with Crippen molar-refractivity contribution in [2.75, 3.05) is 144 Å². The summed E-state index contributed by atoms with van der Waals surface area (Å²) in [6.07, 6.45) is 0. The second-order valence-electron chi connectivity index (χ2n) is 11.1. The van der Waals surface area contributed by atoms with Crippen molar-refractivity contribution in [3.05, 3.63) is 48.5 Å². The first-order valence-corrected chi connectivity index (χ1v) is 19.0. The van der Waals surface area contributed by atoms with Crippen molar-refractivity contribution in [3.8, 4) is 0 Å². The molecule has 0 atom stereocenters. The van der Waals surface area contributed by atoms with E-state index in [0.29, 0.717) is 79.3 Å². The van der Waals surface area contributed by atoms with Gasteiger partial charge in [-0.2, -0.15) is 0 Å². The summed E-state index contributed by atoms with van der Waals surface area (Å²) in [6.45, 7) is 15.1. The maximum atomic E-state index is 5.81. The van der Waals surface area contributed by atoms with E-state index < -0.39 is 8.07 Å². The molecule has 0 unspecified atom stereocenters. The molecule has 0 N–H and O–H groups in total. The molecule has 2 aromatic carbocycles. The van der Waals surface area contributed by atoms with E-state index in [0.717, 1.165) is 26.2 Å². The maximum Gasteiger partial charge on any atom is 0.112 e. The second-order valence-corrected chi connectivity index (χ2v) is 15.5. The summed E-state index contributed by atoms with van der Waals surface area (Å²) < 4.78 is 43.8. The van der Waals surface area contributed by atoms with Crippen LogP contribution in [0.15, 0.2) is 48.5 Å². The SMILES string of the molecule is COCCOCCN(CCOCCOC)c1cccc([Si](C)(C)c2cccc(N(CCOCCOC)CCOCCOC)c2)c1. The van der Waals surface area contributed by atoms with E-state index in [4.69, 9.17) is 37.9 Å². The number of anilines is 2. The van der Waals surface area contributed by atoms with Gasteiger partial charge in [0.2, 0.25) is 0 Å². The molecule has 0 saturated carbocycles. The van der Waals surface area contributed by atoms with Crippen molar-refractivity contribution in [3.63, 3.8) is 0 Å². The molecule has 0 aromatic heterocycles. The van der Waals surface area contributed by atoms with Gasteiger partial charge in [0.05, 0.1) is 79.3 Å². The van der Waals surface area contributed by atoms with Crippen LogP contribution in [0.1, 0.15) is 0 Å². The standard InChI is InChI=1S/C34H58N2O8Si/c1-37-21-25-41-17-13-35(14-18-42-26-22-38-2)31-9-7-11-33(29-31)45(5,6)34-12-8-10-32(30-34)36(15-19-43-27-23-39-3)16-20-44-28-24-40-4/h7-12,29-30H,13-28H2,1-6H3. The molecular weight excluding hydrogens is 592 g/mol. The van der Waals surface area contributed by atoms with Gasteiger partial charge in [-0.1, -0.05) is 47.7 Å². The quantitative estimate of drug-likeness (QED) is 0.101. The zero-order valence-corrected chi connectivity index (χ0v) is 29.6. The minimum atomic E-state index is -2.05. The monoisotopic (exact) mass is 650 g/mol. The summed E-state index contributed by atoms with van der Waals surface area (Å²) in [5.74, 6) is 0. The second kappa shape index (κ2) is 24.2. The van der Waals surface area contributed by atoms with Crippen LogP contribution in [0.3, 0.4) is 0 Å². The fraction of sp³-hybridized carbons (Fsp3) is 0.647. The van der Waals surface area contributed by atoms with Crippen molar-refractivity contribution in [1.29, 1.82) is 0 Å². The van der Waals surface area contributed by atoms with E-state index in [9.17, 15) is 0 Å². The van der Waals surface area contributed by atoms with Crippen LogP contribution in [-0.2, 0) is 37.9 Å². The highest BCUT2D eigenvalue weighted by atomic mass is 28.3. The summed E-state index contributed by atoms with van der Waals surface area (Å²) in [5.41, 5.74) is 2.36. The predicted octanol–water partition coefficient (Wildman–Crippen LogP) is 2.77. The summed E-state index contributed by atoms with van der Waals surface area (Å²) in [5, 5.41) is 2.75. The highest BCUT2D eigenvalue weighted by Gasteiger charge is 2.27. The van der Waals surface area contributed by atoms with Crippen molar-refractivity contribution in [2.24, 2.45) is 0 Å². The molecule has 0 aliphatic heterocycles. The fourth-order valence-corrected chi connectivity index (χ4v) is 7.14. The molecule has 0 fully saturated rings. The highest BCUT2D eigenvalue weighted by Crippen LogP contribution is 2.18. The molecule has 2 rings (SSSR count). The number of nitrogens with zero attached hydrogens (tertiary/aromatic N) is 2. The summed E-state index contributed by atoms with van der Waals surface area (Å²) in [4.78, 5) is 4.69. The predicted molar refractivity (Wildman–Crippen MR) is 185 cm³/mol. The molecule has 0 spiro atoms. The highest BCUT2D eigenvalue weighted by molar-refractivity contribution is 7.00. The van der Waals surface area contributed by atoms with Crippen LogP contribution in [0.25, 0.3) is 0 Å². The average Bonchev–Trinajstić information content (AvgIpc) is 3.06. The van der Waals surface area contributed by atoms with Crippen LogP contribution in [-0.4, -0.2) is 142 Å². The Balaban J connectivity index is 2.22. The van der Waals surface area contributed by atoms with Crippen molar-refractivity contribution in [2.45, 2.75) is 13.1 Å². The fourth-order valence-electron chi connectivity index (χ4n) is 4.77. The van der Waals surface area contributed by atoms with E-state index in [-0.39, 0.29) is 0 Å². The molecule has 2 aromatic rings. The largest absolute Gasteiger partial charge is 0.382 e. The minimum Gasteiger partial charge on any atom is -0.382 e. The van der Waals surface area contributed by atoms with Crippen molar-refractivity contribution in [1.82, 2.24) is 0 Å². The van der Waals surface area contributed by atoms with Gasteiger partial charge in [0, 0.05) is 66.0 Å². The molecular formula is C34H58N2O8Si. The molecule has 0 bridgehead atoms. The van der Waals surface area contributed by atoms with E-state index in [1.165, 1.54) is 21.7 Å². The van der Waals surface area contributed by atoms with Crippen LogP contribution >= 0.6 is 0 Å². The van der Waals surface area contributed by atoms with E-state index in [2.05, 4.69) is 71.4 Å². The van der Waals surface area contributed by atoms with E-state index in [1.807, 2.05) is 0 Å². The van der Waals surface area contributed by atoms with Gasteiger partial charge in [0.15, 0.2) is 0 Å². The Hall–Kier alpha value is -2.06. The molecule has 0 aliphatic carbocycles. The Morgan fingerprint density at radius 1 is 0.444 bits per heavy atom. The Labute approximate surface area is 272 Å². The van der Waals surface area contributed by atoms with Crippen LogP contribution in [0.4, 0.5) is 11.4 Å². The number of ether oxygens (including phenoxy) is 8. The normalized spacial score (nSPS) is 11.7. The zero-order chi connectivity index (χ0) is 32.6. The van der Waals surface area contributed by atoms with Gasteiger partial charge >= 0.3 is 0 Å². The van der Waals surface area contributed by atoms with Crippen LogP contribution in [0.2, 0.25) is 13.1 Å². The van der Waals surface area contributed by atoms with Crippen LogP contribution in [0, 0.1) is 0 Å². The molecule has 0 saturated heterocycles. The number of methoxy groups -OCH3 is 4. The minimum absolute atomic E-state index is 0.584. The van der Waals surface area contributed by atoms with Crippen molar-refractivity contribution >= 4 is 29.8 Å². The molecule has 0 heterocycles. The van der Waals surface area contributed by atoms with E-state index >= 15 is 0 Å². The first-order valence-electron chi connectivity index (χ1n) is 16.0. The average molecular weight is 651 g/mol. The summed E-state index contributed by atoms with van der Waals surface area (Å²) >= 11 is 0. The number of benzene rings is 2. The lowest BCUT2D eigenvalue weighted by molar-refractivity contribution is 0.0677. The Morgan fingerprint density at radius 2 is 0.756 bits per heavy atom. The topological polar surface area (TPSA) is 80.3 Å². The first-order chi connectivity index (χ1) is 22.0. The third-order valence-electron chi connectivity index (χ3n) is 7.62. The molecule has 0 aliphatic rings. The third-order valence-corrected chi connectivity index (χ3v) is 11.1. The van der Waals surface area contributed by atoms with Gasteiger partial charge in [0.1, 0.15) is 8.07 Å². The Morgan fingerprint density at radius 3 is 1.04 bits per heavy atom. The van der Waals surface area contributed by atoms with Gasteiger partial charge in [-0.15, -0.1) is 0 Å². The molecule has 10 nitrogen and oxygen atoms in total. The summed E-state index contributed by atoms with van der Waals surface area (Å²) in [7, 11) is 4.71. The van der Waals surface area contributed by atoms with Gasteiger partial charge in [-0.3, -0.25) is 0 Å². The van der Waals surface area contributed by atoms with Crippen molar-refractivity contribution < 1.29 is 37.9 Å². The van der Waals surface area contributed by atoms with E-state index in [1.54, 1.807) is 28.4 Å². The van der Waals surface area contributed by atoms with Gasteiger partial charge in [-0.25, -0.2) is 0 Å². The number of hydrogen-bond donors (Lipinski definition) is 0. The molecule has 256 valence electrons. The molecule has 45 heavy (non-hydrogen) atoms. The number of hydrogen-bond acceptors (Lipinski definition) is 10. The molecule has 11 heteroatoms. The van der Waals surface area contributed by atoms with Gasteiger partial charge in [-0.05, 0) is 24.3 Å². The van der Waals surface area contributed by atoms with Crippen LogP contribution in [0.5, 0.6) is 0 Å². The molecule has 0 amide bonds.